The van der Waals surface area contributed by atoms with Crippen LogP contribution in [0.1, 0.15) is 33.1 Å². The lowest BCUT2D eigenvalue weighted by molar-refractivity contribution is 0.266. The molecule has 1 aromatic carbocycles. The molecule has 2 aromatic rings. The van der Waals surface area contributed by atoms with Crippen molar-refractivity contribution in [1.82, 2.24) is 4.57 Å². The number of rotatable bonds is 10. The van der Waals surface area contributed by atoms with Gasteiger partial charge in [0.25, 0.3) is 0 Å². The molecule has 0 aliphatic carbocycles. The summed E-state index contributed by atoms with van der Waals surface area (Å²) < 4.78 is 14.7. The molecule has 7 nitrogen and oxygen atoms in total. The first-order valence-corrected chi connectivity index (χ1v) is 9.74. The Balaban J connectivity index is 2.47. The molecule has 0 radical (unpaired) electrons. The summed E-state index contributed by atoms with van der Waals surface area (Å²) in [4.78, 5) is 0. The third-order valence-electron chi connectivity index (χ3n) is 3.63. The fourth-order valence-corrected chi connectivity index (χ4v) is 2.85. The van der Waals surface area contributed by atoms with Gasteiger partial charge in [-0.2, -0.15) is 0 Å². The molecule has 0 aliphatic heterocycles. The van der Waals surface area contributed by atoms with Gasteiger partial charge in [-0.1, -0.05) is 26.3 Å². The SMILES string of the molecule is CCCCOc1c(OCCC)cccc1-c1cc(Br)cn1C=NN=C(N)N. The lowest BCUT2D eigenvalue weighted by Crippen LogP contribution is -2.21. The van der Waals surface area contributed by atoms with Gasteiger partial charge in [-0.05, 0) is 47.0 Å². The standard InChI is InChI=1S/C19H26BrN5O2/c1-3-5-10-27-18-15(7-6-8-17(18)26-9-4-2)16-11-14(20)12-25(16)13-23-24-19(21)22/h6-8,11-13H,3-5,9-10H2,1-2H3,(H4,21,22,24). The first-order valence-electron chi connectivity index (χ1n) is 8.95. The van der Waals surface area contributed by atoms with Crippen LogP contribution in [0.3, 0.4) is 0 Å². The lowest BCUT2D eigenvalue weighted by Gasteiger charge is -2.16. The van der Waals surface area contributed by atoms with Crippen LogP contribution in [-0.2, 0) is 0 Å². The Hall–Kier alpha value is -2.48. The number of hydrogen-bond donors (Lipinski definition) is 2. The lowest BCUT2D eigenvalue weighted by atomic mass is 10.1. The van der Waals surface area contributed by atoms with Crippen LogP contribution in [0.15, 0.2) is 45.1 Å². The number of unbranched alkanes of at least 4 members (excludes halogenated alkanes) is 1. The van der Waals surface area contributed by atoms with Gasteiger partial charge in [-0.25, -0.2) is 0 Å². The van der Waals surface area contributed by atoms with Crippen LogP contribution in [-0.4, -0.2) is 30.1 Å². The van der Waals surface area contributed by atoms with Crippen molar-refractivity contribution >= 4 is 28.2 Å². The van der Waals surface area contributed by atoms with Gasteiger partial charge in [0.2, 0.25) is 5.96 Å². The fourth-order valence-electron chi connectivity index (χ4n) is 2.42. The van der Waals surface area contributed by atoms with Crippen LogP contribution in [0.25, 0.3) is 11.3 Å². The van der Waals surface area contributed by atoms with Crippen molar-refractivity contribution in [2.45, 2.75) is 33.1 Å². The van der Waals surface area contributed by atoms with Crippen molar-refractivity contribution in [1.29, 1.82) is 0 Å². The molecule has 0 amide bonds. The summed E-state index contributed by atoms with van der Waals surface area (Å²) in [6.07, 6.45) is 6.36. The Morgan fingerprint density at radius 1 is 1.19 bits per heavy atom. The number of para-hydroxylation sites is 1. The van der Waals surface area contributed by atoms with Crippen molar-refractivity contribution in [2.24, 2.45) is 21.7 Å². The van der Waals surface area contributed by atoms with Crippen molar-refractivity contribution in [2.75, 3.05) is 13.2 Å². The molecular formula is C19H26BrN5O2. The van der Waals surface area contributed by atoms with E-state index in [-0.39, 0.29) is 5.96 Å². The van der Waals surface area contributed by atoms with Gasteiger partial charge >= 0.3 is 0 Å². The molecule has 0 aliphatic rings. The van der Waals surface area contributed by atoms with Gasteiger partial charge < -0.3 is 25.5 Å². The normalized spacial score (nSPS) is 10.9. The van der Waals surface area contributed by atoms with Gasteiger partial charge in [0, 0.05) is 16.2 Å². The van der Waals surface area contributed by atoms with E-state index in [1.807, 2.05) is 35.0 Å². The smallest absolute Gasteiger partial charge is 0.211 e. The maximum absolute atomic E-state index is 6.10. The number of guanidine groups is 1. The zero-order valence-electron chi connectivity index (χ0n) is 15.7. The molecule has 0 spiro atoms. The maximum Gasteiger partial charge on any atom is 0.211 e. The Labute approximate surface area is 168 Å². The molecule has 4 N–H and O–H groups in total. The quantitative estimate of drug-likeness (QED) is 0.255. The van der Waals surface area contributed by atoms with Gasteiger partial charge in [-0.15, -0.1) is 10.2 Å². The summed E-state index contributed by atoms with van der Waals surface area (Å²) in [6.45, 7) is 5.46. The molecule has 0 unspecified atom stereocenters. The molecule has 0 fully saturated rings. The number of aromatic nitrogens is 1. The molecular weight excluding hydrogens is 410 g/mol. The highest BCUT2D eigenvalue weighted by molar-refractivity contribution is 9.10. The second-order valence-electron chi connectivity index (χ2n) is 5.89. The van der Waals surface area contributed by atoms with Crippen LogP contribution in [0, 0.1) is 0 Å². The van der Waals surface area contributed by atoms with E-state index >= 15 is 0 Å². The van der Waals surface area contributed by atoms with E-state index in [0.29, 0.717) is 13.2 Å². The van der Waals surface area contributed by atoms with E-state index in [2.05, 4.69) is 40.0 Å². The molecule has 0 saturated heterocycles. The molecule has 0 atom stereocenters. The van der Waals surface area contributed by atoms with Crippen LogP contribution in [0.4, 0.5) is 0 Å². The van der Waals surface area contributed by atoms with Crippen molar-refractivity contribution in [3.05, 3.63) is 34.9 Å². The number of hydrogen-bond acceptors (Lipinski definition) is 4. The van der Waals surface area contributed by atoms with E-state index in [4.69, 9.17) is 20.9 Å². The minimum Gasteiger partial charge on any atom is -0.490 e. The van der Waals surface area contributed by atoms with Crippen LogP contribution >= 0.6 is 15.9 Å². The van der Waals surface area contributed by atoms with E-state index in [0.717, 1.165) is 46.5 Å². The Morgan fingerprint density at radius 2 is 2.00 bits per heavy atom. The summed E-state index contributed by atoms with van der Waals surface area (Å²) in [5.74, 6) is 1.36. The predicted octanol–water partition coefficient (Wildman–Crippen LogP) is 3.95. The average Bonchev–Trinajstić information content (AvgIpc) is 3.00. The Bertz CT molecular complexity index is 797. The first-order chi connectivity index (χ1) is 13.1. The molecule has 2 rings (SSSR count). The zero-order chi connectivity index (χ0) is 19.6. The van der Waals surface area contributed by atoms with Crippen LogP contribution < -0.4 is 20.9 Å². The summed E-state index contributed by atoms with van der Waals surface area (Å²) in [6, 6.07) is 7.85. The van der Waals surface area contributed by atoms with Crippen molar-refractivity contribution in [3.8, 4) is 22.8 Å². The third-order valence-corrected chi connectivity index (χ3v) is 4.06. The van der Waals surface area contributed by atoms with Crippen LogP contribution in [0.5, 0.6) is 11.5 Å². The molecule has 0 bridgehead atoms. The summed E-state index contributed by atoms with van der Waals surface area (Å²) in [7, 11) is 0. The summed E-state index contributed by atoms with van der Waals surface area (Å²) >= 11 is 3.51. The Kier molecular flexibility index (Phi) is 8.19. The Morgan fingerprint density at radius 3 is 2.70 bits per heavy atom. The summed E-state index contributed by atoms with van der Waals surface area (Å²) in [5.41, 5.74) is 12.4. The van der Waals surface area contributed by atoms with Crippen molar-refractivity contribution < 1.29 is 9.47 Å². The molecule has 1 heterocycles. The van der Waals surface area contributed by atoms with E-state index < -0.39 is 0 Å². The number of benzene rings is 1. The highest BCUT2D eigenvalue weighted by Crippen LogP contribution is 2.39. The highest BCUT2D eigenvalue weighted by Gasteiger charge is 2.16. The van der Waals surface area contributed by atoms with Crippen molar-refractivity contribution in [3.63, 3.8) is 0 Å². The van der Waals surface area contributed by atoms with Gasteiger partial charge in [0.1, 0.15) is 6.34 Å². The second kappa shape index (κ2) is 10.6. The topological polar surface area (TPSA) is 100 Å². The second-order valence-corrected chi connectivity index (χ2v) is 6.81. The van der Waals surface area contributed by atoms with Gasteiger partial charge in [-0.3, -0.25) is 0 Å². The van der Waals surface area contributed by atoms with Gasteiger partial charge in [0.05, 0.1) is 18.9 Å². The largest absolute Gasteiger partial charge is 0.490 e. The monoisotopic (exact) mass is 435 g/mol. The fraction of sp³-hybridized carbons (Fsp3) is 0.368. The predicted molar refractivity (Wildman–Crippen MR) is 113 cm³/mol. The molecule has 146 valence electrons. The van der Waals surface area contributed by atoms with E-state index in [1.54, 1.807) is 0 Å². The number of ether oxygens (including phenoxy) is 2. The number of nitrogens with two attached hydrogens (primary N) is 2. The van der Waals surface area contributed by atoms with Crippen LogP contribution in [0.2, 0.25) is 0 Å². The number of halogens is 1. The van der Waals surface area contributed by atoms with E-state index in [1.165, 1.54) is 6.34 Å². The zero-order valence-corrected chi connectivity index (χ0v) is 17.3. The minimum absolute atomic E-state index is 0.0995. The molecule has 1 aromatic heterocycles. The maximum atomic E-state index is 6.10. The van der Waals surface area contributed by atoms with Gasteiger partial charge in [0.15, 0.2) is 11.5 Å². The molecule has 0 saturated carbocycles. The highest BCUT2D eigenvalue weighted by atomic mass is 79.9. The molecule has 27 heavy (non-hydrogen) atoms. The number of nitrogens with zero attached hydrogens (tertiary/aromatic N) is 3. The third kappa shape index (κ3) is 6.02. The molecule has 8 heteroatoms. The average molecular weight is 436 g/mol. The minimum atomic E-state index is -0.0995. The van der Waals surface area contributed by atoms with E-state index in [9.17, 15) is 0 Å². The first kappa shape index (κ1) is 20.8. The summed E-state index contributed by atoms with van der Waals surface area (Å²) in [5, 5.41) is 7.56.